The van der Waals surface area contributed by atoms with Crippen LogP contribution in [0.15, 0.2) is 42.9 Å². The zero-order chi connectivity index (χ0) is 34.1. The number of amides is 3. The molecule has 3 amide bonds. The maximum atomic E-state index is 14.9. The lowest BCUT2D eigenvalue weighted by atomic mass is 9.80. The Bertz CT molecular complexity index is 1240. The molecule has 1 aromatic carbocycles. The van der Waals surface area contributed by atoms with Gasteiger partial charge in [-0.05, 0) is 58.9 Å². The molecule has 0 saturated heterocycles. The number of hydrogen-bond donors (Lipinski definition) is 6. The average molecular weight is 643 g/mol. The van der Waals surface area contributed by atoms with Gasteiger partial charge in [0, 0.05) is 30.3 Å². The third-order valence-corrected chi connectivity index (χ3v) is 8.34. The molecule has 12 heteroatoms. The molecule has 0 bridgehead atoms. The van der Waals surface area contributed by atoms with E-state index in [4.69, 9.17) is 16.2 Å². The van der Waals surface area contributed by atoms with Crippen molar-refractivity contribution in [3.05, 3.63) is 54.1 Å². The Hall–Kier alpha value is -3.48. The van der Waals surface area contributed by atoms with Crippen molar-refractivity contribution in [3.63, 3.8) is 0 Å². The van der Waals surface area contributed by atoms with Crippen molar-refractivity contribution in [3.8, 4) is 0 Å². The minimum absolute atomic E-state index is 0.0159. The van der Waals surface area contributed by atoms with Crippen LogP contribution in [0.4, 0.5) is 4.79 Å². The molecule has 1 heterocycles. The highest BCUT2D eigenvalue weighted by Gasteiger charge is 2.44. The van der Waals surface area contributed by atoms with Gasteiger partial charge in [0.1, 0.15) is 23.8 Å². The summed E-state index contributed by atoms with van der Waals surface area (Å²) in [6.45, 7) is 8.64. The molecule has 3 unspecified atom stereocenters. The van der Waals surface area contributed by atoms with Gasteiger partial charge in [-0.3, -0.25) is 9.59 Å². The highest BCUT2D eigenvalue weighted by atomic mass is 16.6. The van der Waals surface area contributed by atoms with Crippen LogP contribution >= 0.6 is 0 Å². The molecule has 0 radical (unpaired) electrons. The van der Waals surface area contributed by atoms with E-state index < -0.39 is 59.4 Å². The molecule has 1 aromatic heterocycles. The second-order valence-corrected chi connectivity index (χ2v) is 14.4. The molecule has 2 aromatic rings. The molecular formula is C34H54N6O6. The maximum absolute atomic E-state index is 14.9. The van der Waals surface area contributed by atoms with Crippen LogP contribution in [0.5, 0.6) is 0 Å². The van der Waals surface area contributed by atoms with Gasteiger partial charge in [-0.15, -0.1) is 0 Å². The third kappa shape index (κ3) is 11.7. The van der Waals surface area contributed by atoms with E-state index in [1.54, 1.807) is 34.6 Å². The lowest BCUT2D eigenvalue weighted by Crippen LogP contribution is -2.64. The van der Waals surface area contributed by atoms with Crippen molar-refractivity contribution in [2.24, 2.45) is 17.4 Å². The minimum Gasteiger partial charge on any atom is -0.444 e. The van der Waals surface area contributed by atoms with E-state index in [0.717, 1.165) is 37.7 Å². The van der Waals surface area contributed by atoms with Gasteiger partial charge in [-0.25, -0.2) is 9.78 Å². The number of imidazole rings is 1. The number of ether oxygens (including phenoxy) is 1. The minimum atomic E-state index is -1.46. The number of aliphatic hydroxyl groups is 2. The third-order valence-electron chi connectivity index (χ3n) is 8.34. The van der Waals surface area contributed by atoms with Gasteiger partial charge in [0.05, 0.1) is 18.5 Å². The lowest BCUT2D eigenvalue weighted by Gasteiger charge is -2.44. The van der Waals surface area contributed by atoms with Gasteiger partial charge in [-0.1, -0.05) is 62.4 Å². The van der Waals surface area contributed by atoms with Crippen LogP contribution in [-0.4, -0.2) is 84.5 Å². The van der Waals surface area contributed by atoms with E-state index in [1.807, 2.05) is 30.3 Å². The largest absolute Gasteiger partial charge is 0.444 e. The van der Waals surface area contributed by atoms with Gasteiger partial charge < -0.3 is 41.6 Å². The first-order chi connectivity index (χ1) is 21.5. The van der Waals surface area contributed by atoms with E-state index in [9.17, 15) is 24.6 Å². The van der Waals surface area contributed by atoms with Gasteiger partial charge in [0.2, 0.25) is 11.8 Å². The molecule has 3 rings (SSSR count). The van der Waals surface area contributed by atoms with Crippen molar-refractivity contribution in [2.75, 3.05) is 0 Å². The van der Waals surface area contributed by atoms with E-state index in [2.05, 4.69) is 15.3 Å². The number of alkyl carbamates (subject to hydrolysis) is 1. The monoisotopic (exact) mass is 642 g/mol. The maximum Gasteiger partial charge on any atom is 0.408 e. The first kappa shape index (κ1) is 37.0. The quantitative estimate of drug-likeness (QED) is 0.170. The van der Waals surface area contributed by atoms with E-state index >= 15 is 0 Å². The highest BCUT2D eigenvalue weighted by molar-refractivity contribution is 5.91. The number of nitrogens with two attached hydrogens (primary N) is 2. The SMILES string of the molecule is CC(C)(N)CC(O)C(O)C(CC1CCCCC1)N(C(=O)[C@H](Cc1ccccc1)NC(=O)OC(C)(C)C)[C@@H](Cc1cnc[nH]1)C(N)=O. The summed E-state index contributed by atoms with van der Waals surface area (Å²) in [4.78, 5) is 49.7. The molecule has 8 N–H and O–H groups in total. The van der Waals surface area contributed by atoms with Crippen molar-refractivity contribution < 1.29 is 29.3 Å². The van der Waals surface area contributed by atoms with Crippen LogP contribution in [0, 0.1) is 5.92 Å². The Morgan fingerprint density at radius 1 is 1.07 bits per heavy atom. The Labute approximate surface area is 272 Å². The topological polar surface area (TPSA) is 197 Å². The Balaban J connectivity index is 2.15. The van der Waals surface area contributed by atoms with Crippen molar-refractivity contribution in [2.45, 2.75) is 134 Å². The van der Waals surface area contributed by atoms with E-state index in [1.165, 1.54) is 17.4 Å². The fraction of sp³-hybridized carbons (Fsp3) is 0.647. The molecular weight excluding hydrogens is 588 g/mol. The van der Waals surface area contributed by atoms with Gasteiger partial charge in [-0.2, -0.15) is 0 Å². The second kappa shape index (κ2) is 16.4. The number of benzene rings is 1. The number of H-pyrrole nitrogens is 1. The van der Waals surface area contributed by atoms with Crippen molar-refractivity contribution in [1.82, 2.24) is 20.2 Å². The van der Waals surface area contributed by atoms with Crippen LogP contribution in [-0.2, 0) is 27.2 Å². The number of nitrogens with zero attached hydrogens (tertiary/aromatic N) is 2. The average Bonchev–Trinajstić information content (AvgIpc) is 3.48. The first-order valence-corrected chi connectivity index (χ1v) is 16.3. The predicted molar refractivity (Wildman–Crippen MR) is 175 cm³/mol. The number of carbonyl (C=O) groups excluding carboxylic acids is 3. The fourth-order valence-electron chi connectivity index (χ4n) is 6.27. The van der Waals surface area contributed by atoms with E-state index in [-0.39, 0.29) is 25.2 Å². The van der Waals surface area contributed by atoms with Crippen LogP contribution in [0.1, 0.15) is 90.8 Å². The number of carbonyl (C=O) groups is 3. The van der Waals surface area contributed by atoms with Gasteiger partial charge in [0.15, 0.2) is 0 Å². The Kier molecular flexibility index (Phi) is 13.2. The van der Waals surface area contributed by atoms with Gasteiger partial charge >= 0.3 is 6.09 Å². The molecule has 0 aliphatic heterocycles. The first-order valence-electron chi connectivity index (χ1n) is 16.3. The number of aromatic nitrogens is 2. The summed E-state index contributed by atoms with van der Waals surface area (Å²) in [6, 6.07) is 5.71. The normalized spacial score (nSPS) is 17.7. The second-order valence-electron chi connectivity index (χ2n) is 14.4. The molecule has 256 valence electrons. The number of nitrogens with one attached hydrogen (secondary N) is 2. The van der Waals surface area contributed by atoms with Gasteiger partial charge in [0.25, 0.3) is 0 Å². The van der Waals surface area contributed by atoms with Crippen LogP contribution < -0.4 is 16.8 Å². The summed E-state index contributed by atoms with van der Waals surface area (Å²) in [5, 5.41) is 25.9. The zero-order valence-corrected chi connectivity index (χ0v) is 27.9. The van der Waals surface area contributed by atoms with Crippen LogP contribution in [0.2, 0.25) is 0 Å². The molecule has 1 saturated carbocycles. The van der Waals surface area contributed by atoms with Crippen molar-refractivity contribution >= 4 is 17.9 Å². The predicted octanol–water partition coefficient (Wildman–Crippen LogP) is 2.96. The summed E-state index contributed by atoms with van der Waals surface area (Å²) in [5.74, 6) is -1.29. The molecule has 0 spiro atoms. The zero-order valence-electron chi connectivity index (χ0n) is 27.9. The molecule has 12 nitrogen and oxygen atoms in total. The smallest absolute Gasteiger partial charge is 0.408 e. The summed E-state index contributed by atoms with van der Waals surface area (Å²) in [7, 11) is 0. The Morgan fingerprint density at radius 3 is 2.26 bits per heavy atom. The highest BCUT2D eigenvalue weighted by Crippen LogP contribution is 2.32. The number of rotatable bonds is 15. The van der Waals surface area contributed by atoms with Crippen LogP contribution in [0.25, 0.3) is 0 Å². The number of hydrogen-bond acceptors (Lipinski definition) is 8. The summed E-state index contributed by atoms with van der Waals surface area (Å²) in [5.41, 5.74) is 11.9. The molecule has 5 atom stereocenters. The van der Waals surface area contributed by atoms with Crippen LogP contribution in [0.3, 0.4) is 0 Å². The lowest BCUT2D eigenvalue weighted by molar-refractivity contribution is -0.151. The summed E-state index contributed by atoms with van der Waals surface area (Å²) in [6.07, 6.45) is 4.73. The molecule has 1 aliphatic rings. The Morgan fingerprint density at radius 2 is 1.72 bits per heavy atom. The van der Waals surface area contributed by atoms with E-state index in [0.29, 0.717) is 12.1 Å². The number of primary amides is 1. The molecule has 1 aliphatic carbocycles. The standard InChI is InChI=1S/C34H54N6O6/c1-33(2,3)46-32(45)39-25(16-22-12-8-6-9-13-22)31(44)40(27(30(35)43)18-24-20-37-21-38-24)26(17-23-14-10-7-11-15-23)29(42)28(41)19-34(4,5)36/h6,8-9,12-13,20-21,23,25-29,41-42H,7,10-11,14-19,36H2,1-5H3,(H2,35,43)(H,37,38)(H,39,45)/t25-,26?,27-,28?,29?/m0/s1. The molecule has 1 fully saturated rings. The fourth-order valence-corrected chi connectivity index (χ4v) is 6.27. The number of aliphatic hydroxyl groups excluding tert-OH is 2. The summed E-state index contributed by atoms with van der Waals surface area (Å²) >= 11 is 0. The molecule has 46 heavy (non-hydrogen) atoms. The summed E-state index contributed by atoms with van der Waals surface area (Å²) < 4.78 is 5.52. The number of aromatic amines is 1. The van der Waals surface area contributed by atoms with Crippen molar-refractivity contribution in [1.29, 1.82) is 0 Å².